The van der Waals surface area contributed by atoms with Gasteiger partial charge in [-0.25, -0.2) is 9.97 Å². The number of aromatic nitrogens is 4. The van der Waals surface area contributed by atoms with Gasteiger partial charge in [0.1, 0.15) is 17.0 Å². The fourth-order valence-electron chi connectivity index (χ4n) is 3.72. The Morgan fingerprint density at radius 1 is 0.933 bits per heavy atom. The monoisotopic (exact) mass is 400 g/mol. The van der Waals surface area contributed by atoms with E-state index in [-0.39, 0.29) is 0 Å². The molecule has 4 aromatic rings. The van der Waals surface area contributed by atoms with E-state index < -0.39 is 0 Å². The van der Waals surface area contributed by atoms with Gasteiger partial charge in [-0.1, -0.05) is 19.1 Å². The Morgan fingerprint density at radius 2 is 1.77 bits per heavy atom. The minimum absolute atomic E-state index is 0.682. The molecule has 1 aliphatic heterocycles. The number of nitrogens with zero attached hydrogens (tertiary/aromatic N) is 6. The predicted molar refractivity (Wildman–Crippen MR) is 118 cm³/mol. The van der Waals surface area contributed by atoms with Crippen LogP contribution in [-0.4, -0.2) is 46.1 Å². The molecule has 3 aromatic heterocycles. The molecule has 1 aliphatic rings. The highest BCUT2D eigenvalue weighted by molar-refractivity contribution is 5.75. The Morgan fingerprint density at radius 3 is 2.53 bits per heavy atom. The molecule has 5 rings (SSSR count). The van der Waals surface area contributed by atoms with E-state index in [4.69, 9.17) is 9.40 Å². The lowest BCUT2D eigenvalue weighted by molar-refractivity contribution is 0.540. The number of rotatable bonds is 4. The summed E-state index contributed by atoms with van der Waals surface area (Å²) >= 11 is 0. The van der Waals surface area contributed by atoms with Crippen LogP contribution in [0.15, 0.2) is 53.1 Å². The molecule has 7 nitrogen and oxygen atoms in total. The number of aryl methyl sites for hydroxylation is 2. The Labute approximate surface area is 175 Å². The summed E-state index contributed by atoms with van der Waals surface area (Å²) in [5.41, 5.74) is 4.76. The largest absolute Gasteiger partial charge is 0.423 e. The molecular formula is C23H24N6O. The second-order valence-corrected chi connectivity index (χ2v) is 7.55. The summed E-state index contributed by atoms with van der Waals surface area (Å²) in [5, 5.41) is 0. The van der Waals surface area contributed by atoms with Gasteiger partial charge in [-0.05, 0) is 43.2 Å². The van der Waals surface area contributed by atoms with Crippen LogP contribution < -0.4 is 9.80 Å². The number of fused-ring (bicyclic) bond motifs is 1. The number of hydrogen-bond donors (Lipinski definition) is 0. The number of benzene rings is 1. The van der Waals surface area contributed by atoms with Gasteiger partial charge in [0.2, 0.25) is 0 Å². The molecule has 7 heteroatoms. The minimum atomic E-state index is 0.682. The van der Waals surface area contributed by atoms with Crippen molar-refractivity contribution in [1.82, 2.24) is 19.9 Å². The zero-order valence-corrected chi connectivity index (χ0v) is 17.2. The minimum Gasteiger partial charge on any atom is -0.423 e. The van der Waals surface area contributed by atoms with E-state index in [1.54, 1.807) is 6.20 Å². The molecule has 1 saturated heterocycles. The summed E-state index contributed by atoms with van der Waals surface area (Å²) in [6.45, 7) is 7.53. The van der Waals surface area contributed by atoms with Crippen molar-refractivity contribution in [3.63, 3.8) is 0 Å². The van der Waals surface area contributed by atoms with Crippen LogP contribution in [0.5, 0.6) is 0 Å². The summed E-state index contributed by atoms with van der Waals surface area (Å²) < 4.78 is 5.98. The molecule has 4 heterocycles. The van der Waals surface area contributed by atoms with Crippen LogP contribution in [-0.2, 0) is 6.42 Å². The summed E-state index contributed by atoms with van der Waals surface area (Å²) in [4.78, 5) is 23.1. The van der Waals surface area contributed by atoms with Crippen molar-refractivity contribution < 1.29 is 4.42 Å². The van der Waals surface area contributed by atoms with E-state index in [9.17, 15) is 0 Å². The first-order valence-corrected chi connectivity index (χ1v) is 10.4. The number of piperazine rings is 1. The Hall–Kier alpha value is -3.48. The topological polar surface area (TPSA) is 71.2 Å². The molecule has 0 spiro atoms. The number of anilines is 2. The molecule has 1 aromatic carbocycles. The first-order chi connectivity index (χ1) is 14.7. The summed E-state index contributed by atoms with van der Waals surface area (Å²) in [6.07, 6.45) is 2.63. The standard InChI is InChI=1S/C23H24N6O/c1-3-17-15-21(27-22(25-17)18-6-4-5-9-24-18)28-10-12-29(13-11-28)23-26-19-14-16(2)7-8-20(19)30-23/h4-9,14-15H,3,10-13H2,1-2H3. The van der Waals surface area contributed by atoms with Gasteiger partial charge >= 0.3 is 0 Å². The van der Waals surface area contributed by atoms with Crippen LogP contribution in [0.1, 0.15) is 18.2 Å². The fraction of sp³-hybridized carbons (Fsp3) is 0.304. The highest BCUT2D eigenvalue weighted by Crippen LogP contribution is 2.25. The zero-order chi connectivity index (χ0) is 20.5. The average molecular weight is 400 g/mol. The second kappa shape index (κ2) is 7.74. The predicted octanol–water partition coefficient (Wildman–Crippen LogP) is 3.88. The molecule has 0 atom stereocenters. The normalized spacial score (nSPS) is 14.5. The van der Waals surface area contributed by atoms with Crippen molar-refractivity contribution in [2.24, 2.45) is 0 Å². The molecular weight excluding hydrogens is 376 g/mol. The Kier molecular flexibility index (Phi) is 4.78. The maximum Gasteiger partial charge on any atom is 0.298 e. The second-order valence-electron chi connectivity index (χ2n) is 7.55. The highest BCUT2D eigenvalue weighted by atomic mass is 16.4. The number of pyridine rings is 1. The van der Waals surface area contributed by atoms with Crippen molar-refractivity contribution in [3.8, 4) is 11.5 Å². The lowest BCUT2D eigenvalue weighted by Crippen LogP contribution is -2.47. The maximum absolute atomic E-state index is 5.98. The third-order valence-electron chi connectivity index (χ3n) is 5.43. The average Bonchev–Trinajstić information content (AvgIpc) is 3.22. The molecule has 0 N–H and O–H groups in total. The van der Waals surface area contributed by atoms with Gasteiger partial charge in [-0.3, -0.25) is 4.98 Å². The maximum atomic E-state index is 5.98. The fourth-order valence-corrected chi connectivity index (χ4v) is 3.72. The molecule has 0 aliphatic carbocycles. The molecule has 1 fully saturated rings. The first-order valence-electron chi connectivity index (χ1n) is 10.4. The van der Waals surface area contributed by atoms with Gasteiger partial charge in [0.05, 0.1) is 0 Å². The van der Waals surface area contributed by atoms with Crippen LogP contribution in [0.2, 0.25) is 0 Å². The molecule has 0 unspecified atom stereocenters. The molecule has 30 heavy (non-hydrogen) atoms. The molecule has 152 valence electrons. The van der Waals surface area contributed by atoms with E-state index in [0.717, 1.165) is 60.9 Å². The van der Waals surface area contributed by atoms with Crippen molar-refractivity contribution >= 4 is 22.9 Å². The van der Waals surface area contributed by atoms with Crippen LogP contribution in [0.4, 0.5) is 11.8 Å². The Bertz CT molecular complexity index is 1170. The van der Waals surface area contributed by atoms with Gasteiger partial charge in [0.15, 0.2) is 11.4 Å². The molecule has 0 bridgehead atoms. The first kappa shape index (κ1) is 18.5. The summed E-state index contributed by atoms with van der Waals surface area (Å²) in [5.74, 6) is 1.64. The van der Waals surface area contributed by atoms with Crippen LogP contribution >= 0.6 is 0 Å². The summed E-state index contributed by atoms with van der Waals surface area (Å²) in [7, 11) is 0. The third kappa shape index (κ3) is 3.58. The van der Waals surface area contributed by atoms with Crippen LogP contribution in [0.3, 0.4) is 0 Å². The zero-order valence-electron chi connectivity index (χ0n) is 17.2. The van der Waals surface area contributed by atoms with Crippen LogP contribution in [0.25, 0.3) is 22.6 Å². The van der Waals surface area contributed by atoms with Gasteiger partial charge < -0.3 is 14.2 Å². The van der Waals surface area contributed by atoms with Gasteiger partial charge in [0, 0.05) is 44.1 Å². The van der Waals surface area contributed by atoms with E-state index in [0.29, 0.717) is 11.8 Å². The molecule has 0 radical (unpaired) electrons. The Balaban J connectivity index is 1.36. The van der Waals surface area contributed by atoms with Crippen molar-refractivity contribution in [2.45, 2.75) is 20.3 Å². The smallest absolute Gasteiger partial charge is 0.298 e. The quantitative estimate of drug-likeness (QED) is 0.515. The van der Waals surface area contributed by atoms with E-state index in [1.807, 2.05) is 24.3 Å². The van der Waals surface area contributed by atoms with Crippen molar-refractivity contribution in [2.75, 3.05) is 36.0 Å². The number of oxazole rings is 1. The molecule has 0 saturated carbocycles. The van der Waals surface area contributed by atoms with Crippen LogP contribution in [0, 0.1) is 6.92 Å². The van der Waals surface area contributed by atoms with E-state index >= 15 is 0 Å². The third-order valence-corrected chi connectivity index (χ3v) is 5.43. The van der Waals surface area contributed by atoms with Crippen molar-refractivity contribution in [1.29, 1.82) is 0 Å². The van der Waals surface area contributed by atoms with E-state index in [2.05, 4.69) is 56.8 Å². The van der Waals surface area contributed by atoms with E-state index in [1.165, 1.54) is 5.56 Å². The van der Waals surface area contributed by atoms with Gasteiger partial charge in [0.25, 0.3) is 6.01 Å². The van der Waals surface area contributed by atoms with Gasteiger partial charge in [-0.2, -0.15) is 4.98 Å². The summed E-state index contributed by atoms with van der Waals surface area (Å²) in [6, 6.07) is 14.7. The molecule has 0 amide bonds. The van der Waals surface area contributed by atoms with Crippen molar-refractivity contribution in [3.05, 3.63) is 59.9 Å². The number of hydrogen-bond acceptors (Lipinski definition) is 7. The highest BCUT2D eigenvalue weighted by Gasteiger charge is 2.23. The lowest BCUT2D eigenvalue weighted by Gasteiger charge is -2.34. The van der Waals surface area contributed by atoms with Gasteiger partial charge in [-0.15, -0.1) is 0 Å². The SMILES string of the molecule is CCc1cc(N2CCN(c3nc4cc(C)ccc4o3)CC2)nc(-c2ccccn2)n1. The lowest BCUT2D eigenvalue weighted by atomic mass is 10.2.